The number of benzene rings is 1. The van der Waals surface area contributed by atoms with Gasteiger partial charge < -0.3 is 4.90 Å². The molecule has 0 unspecified atom stereocenters. The summed E-state index contributed by atoms with van der Waals surface area (Å²) in [6.45, 7) is 1.36. The Morgan fingerprint density at radius 1 is 1.17 bits per heavy atom. The molecule has 0 saturated carbocycles. The van der Waals surface area contributed by atoms with Gasteiger partial charge in [0.1, 0.15) is 11.6 Å². The van der Waals surface area contributed by atoms with Crippen LogP contribution in [0.3, 0.4) is 0 Å². The van der Waals surface area contributed by atoms with Crippen LogP contribution in [-0.4, -0.2) is 28.9 Å². The number of aromatic nitrogens is 1. The van der Waals surface area contributed by atoms with Gasteiger partial charge >= 0.3 is 0 Å². The van der Waals surface area contributed by atoms with Gasteiger partial charge in [-0.15, -0.1) is 0 Å². The lowest BCUT2D eigenvalue weighted by Gasteiger charge is -2.33. The minimum absolute atomic E-state index is 0.000766. The van der Waals surface area contributed by atoms with Gasteiger partial charge in [0.25, 0.3) is 5.91 Å². The smallest absolute Gasteiger partial charge is 0.253 e. The number of nitrogens with zero attached hydrogens (tertiary/aromatic N) is 2. The zero-order valence-electron chi connectivity index (χ0n) is 13.4. The molecule has 2 heterocycles. The molecule has 3 nitrogen and oxygen atoms in total. The van der Waals surface area contributed by atoms with Crippen molar-refractivity contribution in [2.75, 3.05) is 13.1 Å². The van der Waals surface area contributed by atoms with Gasteiger partial charge in [-0.05, 0) is 55.9 Å². The highest BCUT2D eigenvalue weighted by Gasteiger charge is 2.24. The number of piperidine rings is 1. The first-order valence-electron chi connectivity index (χ1n) is 8.27. The summed E-state index contributed by atoms with van der Waals surface area (Å²) in [6.07, 6.45) is 6.15. The summed E-state index contributed by atoms with van der Waals surface area (Å²) in [5.41, 5.74) is 0.779. The van der Waals surface area contributed by atoms with E-state index in [-0.39, 0.29) is 17.4 Å². The summed E-state index contributed by atoms with van der Waals surface area (Å²) in [5, 5.41) is 0. The predicted octanol–water partition coefficient (Wildman–Crippen LogP) is 3.84. The molecule has 0 N–H and O–H groups in total. The number of hydrogen-bond acceptors (Lipinski definition) is 2. The van der Waals surface area contributed by atoms with E-state index in [1.807, 2.05) is 4.90 Å². The van der Waals surface area contributed by atoms with E-state index in [1.54, 1.807) is 24.5 Å². The highest BCUT2D eigenvalue weighted by molar-refractivity contribution is 5.94. The SMILES string of the molecule is O=C(c1ccncc1)N1CCC[C@H](CCc2c(F)cccc2F)C1. The third kappa shape index (κ3) is 3.78. The highest BCUT2D eigenvalue weighted by atomic mass is 19.1. The molecule has 3 rings (SSSR count). The lowest BCUT2D eigenvalue weighted by molar-refractivity contribution is 0.0668. The van der Waals surface area contributed by atoms with E-state index in [2.05, 4.69) is 4.98 Å². The maximum atomic E-state index is 13.7. The fraction of sp³-hybridized carbons (Fsp3) is 0.368. The molecule has 126 valence electrons. The molecule has 1 amide bonds. The minimum Gasteiger partial charge on any atom is -0.338 e. The largest absolute Gasteiger partial charge is 0.338 e. The normalized spacial score (nSPS) is 17.8. The summed E-state index contributed by atoms with van der Waals surface area (Å²) in [6, 6.07) is 7.38. The lowest BCUT2D eigenvalue weighted by atomic mass is 9.91. The summed E-state index contributed by atoms with van der Waals surface area (Å²) >= 11 is 0. The summed E-state index contributed by atoms with van der Waals surface area (Å²) in [4.78, 5) is 18.3. The van der Waals surface area contributed by atoms with Crippen LogP contribution in [0.4, 0.5) is 8.78 Å². The number of likely N-dealkylation sites (tertiary alicyclic amines) is 1. The molecule has 0 bridgehead atoms. The molecule has 1 aliphatic rings. The molecule has 5 heteroatoms. The molecule has 1 saturated heterocycles. The Morgan fingerprint density at radius 2 is 1.88 bits per heavy atom. The topological polar surface area (TPSA) is 33.2 Å². The van der Waals surface area contributed by atoms with Gasteiger partial charge in [-0.3, -0.25) is 9.78 Å². The number of carbonyl (C=O) groups excluding carboxylic acids is 1. The van der Waals surface area contributed by atoms with Gasteiger partial charge in [0, 0.05) is 36.6 Å². The summed E-state index contributed by atoms with van der Waals surface area (Å²) in [7, 11) is 0. The van der Waals surface area contributed by atoms with E-state index in [0.29, 0.717) is 24.9 Å². The molecule has 0 radical (unpaired) electrons. The Morgan fingerprint density at radius 3 is 2.58 bits per heavy atom. The average Bonchev–Trinajstić information content (AvgIpc) is 2.62. The molecule has 1 aromatic carbocycles. The van der Waals surface area contributed by atoms with Crippen molar-refractivity contribution >= 4 is 5.91 Å². The van der Waals surface area contributed by atoms with Crippen LogP contribution in [0.2, 0.25) is 0 Å². The zero-order chi connectivity index (χ0) is 16.9. The van der Waals surface area contributed by atoms with Gasteiger partial charge in [0.15, 0.2) is 0 Å². The van der Waals surface area contributed by atoms with Gasteiger partial charge in [0.2, 0.25) is 0 Å². The van der Waals surface area contributed by atoms with Gasteiger partial charge in [-0.25, -0.2) is 8.78 Å². The second-order valence-electron chi connectivity index (χ2n) is 6.23. The number of amides is 1. The number of rotatable bonds is 4. The summed E-state index contributed by atoms with van der Waals surface area (Å²) < 4.78 is 27.4. The maximum Gasteiger partial charge on any atom is 0.253 e. The third-order valence-electron chi connectivity index (χ3n) is 4.60. The van der Waals surface area contributed by atoms with Gasteiger partial charge in [0.05, 0.1) is 0 Å². The monoisotopic (exact) mass is 330 g/mol. The van der Waals surface area contributed by atoms with Crippen LogP contribution >= 0.6 is 0 Å². The third-order valence-corrected chi connectivity index (χ3v) is 4.60. The second-order valence-corrected chi connectivity index (χ2v) is 6.23. The molecule has 1 atom stereocenters. The van der Waals surface area contributed by atoms with E-state index in [4.69, 9.17) is 0 Å². The first-order valence-corrected chi connectivity index (χ1v) is 8.27. The Hall–Kier alpha value is -2.30. The Kier molecular flexibility index (Phi) is 5.18. The van der Waals surface area contributed by atoms with Crippen LogP contribution in [0.25, 0.3) is 0 Å². The number of pyridine rings is 1. The maximum absolute atomic E-state index is 13.7. The molecule has 0 aliphatic carbocycles. The van der Waals surface area contributed by atoms with Crippen LogP contribution in [0, 0.1) is 17.6 Å². The van der Waals surface area contributed by atoms with Crippen LogP contribution in [0.5, 0.6) is 0 Å². The van der Waals surface area contributed by atoms with Crippen molar-refractivity contribution in [2.45, 2.75) is 25.7 Å². The van der Waals surface area contributed by atoms with Crippen molar-refractivity contribution in [3.05, 3.63) is 65.5 Å². The fourth-order valence-electron chi connectivity index (χ4n) is 3.28. The molecular weight excluding hydrogens is 310 g/mol. The Bertz CT molecular complexity index is 686. The van der Waals surface area contributed by atoms with Gasteiger partial charge in [-0.1, -0.05) is 6.07 Å². The van der Waals surface area contributed by atoms with Crippen molar-refractivity contribution in [1.29, 1.82) is 0 Å². The quantitative estimate of drug-likeness (QED) is 0.853. The van der Waals surface area contributed by atoms with E-state index in [0.717, 1.165) is 19.4 Å². The number of hydrogen-bond donors (Lipinski definition) is 0. The van der Waals surface area contributed by atoms with E-state index in [1.165, 1.54) is 18.2 Å². The Labute approximate surface area is 140 Å². The van der Waals surface area contributed by atoms with Crippen LogP contribution < -0.4 is 0 Å². The molecule has 1 fully saturated rings. The molecular formula is C19H20F2N2O. The van der Waals surface area contributed by atoms with Crippen molar-refractivity contribution in [2.24, 2.45) is 5.92 Å². The zero-order valence-corrected chi connectivity index (χ0v) is 13.4. The second kappa shape index (κ2) is 7.51. The molecule has 2 aromatic rings. The van der Waals surface area contributed by atoms with Crippen molar-refractivity contribution < 1.29 is 13.6 Å². The molecule has 0 spiro atoms. The highest BCUT2D eigenvalue weighted by Crippen LogP contribution is 2.24. The van der Waals surface area contributed by atoms with Crippen LogP contribution in [-0.2, 0) is 6.42 Å². The predicted molar refractivity (Wildman–Crippen MR) is 87.5 cm³/mol. The van der Waals surface area contributed by atoms with E-state index in [9.17, 15) is 13.6 Å². The van der Waals surface area contributed by atoms with E-state index >= 15 is 0 Å². The number of halogens is 2. The van der Waals surface area contributed by atoms with Crippen LogP contribution in [0.1, 0.15) is 35.2 Å². The van der Waals surface area contributed by atoms with Crippen molar-refractivity contribution in [1.82, 2.24) is 9.88 Å². The lowest BCUT2D eigenvalue weighted by Crippen LogP contribution is -2.40. The minimum atomic E-state index is -0.490. The summed E-state index contributed by atoms with van der Waals surface area (Å²) in [5.74, 6) is -0.714. The molecule has 1 aromatic heterocycles. The average molecular weight is 330 g/mol. The number of carbonyl (C=O) groups is 1. The fourth-order valence-corrected chi connectivity index (χ4v) is 3.28. The standard InChI is InChI=1S/C19H20F2N2O/c20-17-4-1-5-18(21)16(17)7-6-14-3-2-12-23(13-14)19(24)15-8-10-22-11-9-15/h1,4-5,8-11,14H,2-3,6-7,12-13H2/t14-/m1/s1. The molecule has 1 aliphatic heterocycles. The Balaban J connectivity index is 1.61. The van der Waals surface area contributed by atoms with Crippen molar-refractivity contribution in [3.63, 3.8) is 0 Å². The first-order chi connectivity index (χ1) is 11.6. The van der Waals surface area contributed by atoms with Crippen LogP contribution in [0.15, 0.2) is 42.7 Å². The van der Waals surface area contributed by atoms with Crippen molar-refractivity contribution in [3.8, 4) is 0 Å². The first kappa shape index (κ1) is 16.6. The van der Waals surface area contributed by atoms with E-state index < -0.39 is 11.6 Å². The molecule has 24 heavy (non-hydrogen) atoms. The van der Waals surface area contributed by atoms with Gasteiger partial charge in [-0.2, -0.15) is 0 Å².